The summed E-state index contributed by atoms with van der Waals surface area (Å²) in [6.07, 6.45) is 2.50. The summed E-state index contributed by atoms with van der Waals surface area (Å²) in [6.45, 7) is 4.08. The fourth-order valence-corrected chi connectivity index (χ4v) is 3.09. The Morgan fingerprint density at radius 2 is 1.89 bits per heavy atom. The van der Waals surface area contributed by atoms with Crippen molar-refractivity contribution in [1.29, 1.82) is 0 Å². The molecule has 0 aromatic carbocycles. The average Bonchev–Trinajstić information content (AvgIpc) is 2.14. The van der Waals surface area contributed by atoms with Crippen LogP contribution in [0.3, 0.4) is 0 Å². The largest absolute Gasteiger partial charge is 0.523 e. The van der Waals surface area contributed by atoms with Crippen LogP contribution in [-0.4, -0.2) is 20.0 Å². The molecule has 18 heavy (non-hydrogen) atoms. The molecule has 0 heterocycles. The highest BCUT2D eigenvalue weighted by Gasteiger charge is 2.48. The second-order valence-corrected chi connectivity index (χ2v) is 6.84. The Kier molecular flexibility index (Phi) is 5.05. The Morgan fingerprint density at radius 3 is 2.39 bits per heavy atom. The summed E-state index contributed by atoms with van der Waals surface area (Å²) in [5.41, 5.74) is -5.32. The number of alkyl halides is 3. The van der Waals surface area contributed by atoms with Crippen molar-refractivity contribution in [3.63, 3.8) is 0 Å². The first-order chi connectivity index (χ1) is 8.12. The van der Waals surface area contributed by atoms with E-state index in [9.17, 15) is 21.6 Å². The number of rotatable bonds is 4. The molecule has 0 aliphatic heterocycles. The quantitative estimate of drug-likeness (QED) is 0.588. The molecule has 3 nitrogen and oxygen atoms in total. The first kappa shape index (κ1) is 15.8. The molecule has 108 valence electrons. The molecule has 2 atom stereocenters. The number of hydrogen-bond acceptors (Lipinski definition) is 3. The van der Waals surface area contributed by atoms with Crippen molar-refractivity contribution in [3.05, 3.63) is 0 Å². The van der Waals surface area contributed by atoms with Gasteiger partial charge < -0.3 is 0 Å². The molecule has 1 aliphatic rings. The van der Waals surface area contributed by atoms with Crippen molar-refractivity contribution in [2.45, 2.75) is 57.6 Å². The second kappa shape index (κ2) is 5.77. The molecule has 1 fully saturated rings. The Bertz CT molecular complexity index is 362. The van der Waals surface area contributed by atoms with E-state index in [1.54, 1.807) is 0 Å². The molecule has 0 radical (unpaired) electrons. The van der Waals surface area contributed by atoms with E-state index in [2.05, 4.69) is 4.18 Å². The van der Waals surface area contributed by atoms with Crippen LogP contribution in [0.4, 0.5) is 13.2 Å². The molecule has 1 aliphatic carbocycles. The van der Waals surface area contributed by atoms with E-state index in [1.165, 1.54) is 0 Å². The van der Waals surface area contributed by atoms with Crippen molar-refractivity contribution < 1.29 is 25.8 Å². The van der Waals surface area contributed by atoms with Gasteiger partial charge in [0.25, 0.3) is 0 Å². The van der Waals surface area contributed by atoms with Crippen molar-refractivity contribution in [2.75, 3.05) is 0 Å². The number of halogens is 3. The standard InChI is InChI=1S/C11H19F3O3S/c1-8(2)6-9-4-3-5-10(7-9)17-18(15,16)11(12,13)14/h8-10H,3-7H2,1-2H3. The smallest absolute Gasteiger partial charge is 0.260 e. The van der Waals surface area contributed by atoms with Gasteiger partial charge in [-0.25, -0.2) is 0 Å². The summed E-state index contributed by atoms with van der Waals surface area (Å²) < 4.78 is 62.7. The lowest BCUT2D eigenvalue weighted by molar-refractivity contribution is -0.0594. The molecule has 1 saturated carbocycles. The third kappa shape index (κ3) is 4.42. The summed E-state index contributed by atoms with van der Waals surface area (Å²) in [6, 6.07) is 0. The summed E-state index contributed by atoms with van der Waals surface area (Å²) in [5.74, 6) is 0.708. The van der Waals surface area contributed by atoms with Crippen LogP contribution in [0.5, 0.6) is 0 Å². The second-order valence-electron chi connectivity index (χ2n) is 5.28. The molecule has 0 amide bonds. The Balaban J connectivity index is 2.58. The first-order valence-electron chi connectivity index (χ1n) is 6.11. The lowest BCUT2D eigenvalue weighted by atomic mass is 9.82. The van der Waals surface area contributed by atoms with Gasteiger partial charge in [-0.1, -0.05) is 26.7 Å². The summed E-state index contributed by atoms with van der Waals surface area (Å²) in [4.78, 5) is 0. The Morgan fingerprint density at radius 1 is 1.28 bits per heavy atom. The van der Waals surface area contributed by atoms with Gasteiger partial charge >= 0.3 is 15.6 Å². The fourth-order valence-electron chi connectivity index (χ4n) is 2.44. The highest BCUT2D eigenvalue weighted by Crippen LogP contribution is 2.34. The predicted molar refractivity (Wildman–Crippen MR) is 61.3 cm³/mol. The van der Waals surface area contributed by atoms with Crippen LogP contribution in [0, 0.1) is 11.8 Å². The van der Waals surface area contributed by atoms with Crippen LogP contribution in [-0.2, 0) is 14.3 Å². The maximum Gasteiger partial charge on any atom is 0.523 e. The maximum atomic E-state index is 12.2. The van der Waals surface area contributed by atoms with Gasteiger partial charge in [-0.2, -0.15) is 21.6 Å². The maximum absolute atomic E-state index is 12.2. The van der Waals surface area contributed by atoms with Gasteiger partial charge in [-0.3, -0.25) is 4.18 Å². The van der Waals surface area contributed by atoms with Gasteiger partial charge in [0, 0.05) is 0 Å². The molecule has 7 heteroatoms. The Hall–Kier alpha value is -0.300. The zero-order valence-corrected chi connectivity index (χ0v) is 11.4. The molecule has 0 bridgehead atoms. The highest BCUT2D eigenvalue weighted by atomic mass is 32.2. The van der Waals surface area contributed by atoms with Gasteiger partial charge in [0.2, 0.25) is 0 Å². The van der Waals surface area contributed by atoms with Gasteiger partial charge in [0.1, 0.15) is 0 Å². The zero-order chi connectivity index (χ0) is 14.0. The molecule has 0 aromatic rings. The van der Waals surface area contributed by atoms with Crippen molar-refractivity contribution >= 4 is 10.1 Å². The molecule has 1 rings (SSSR count). The first-order valence-corrected chi connectivity index (χ1v) is 7.52. The van der Waals surface area contributed by atoms with Crippen LogP contribution in [0.25, 0.3) is 0 Å². The summed E-state index contributed by atoms with van der Waals surface area (Å²) in [7, 11) is -5.45. The normalized spacial score (nSPS) is 26.6. The molecular weight excluding hydrogens is 269 g/mol. The fraction of sp³-hybridized carbons (Fsp3) is 1.00. The van der Waals surface area contributed by atoms with Crippen LogP contribution in [0.2, 0.25) is 0 Å². The van der Waals surface area contributed by atoms with E-state index in [0.717, 1.165) is 19.3 Å². The highest BCUT2D eigenvalue weighted by molar-refractivity contribution is 7.87. The molecule has 0 N–H and O–H groups in total. The van der Waals surface area contributed by atoms with Crippen LogP contribution in [0.15, 0.2) is 0 Å². The minimum absolute atomic E-state index is 0.257. The Labute approximate surface area is 106 Å². The third-order valence-corrected chi connectivity index (χ3v) is 4.18. The zero-order valence-electron chi connectivity index (χ0n) is 10.5. The van der Waals surface area contributed by atoms with Gasteiger partial charge in [-0.15, -0.1) is 0 Å². The average molecular weight is 288 g/mol. The molecule has 2 unspecified atom stereocenters. The topological polar surface area (TPSA) is 43.4 Å². The lowest BCUT2D eigenvalue weighted by Gasteiger charge is -2.29. The number of hydrogen-bond donors (Lipinski definition) is 0. The van der Waals surface area contributed by atoms with E-state index < -0.39 is 21.7 Å². The van der Waals surface area contributed by atoms with Crippen molar-refractivity contribution in [1.82, 2.24) is 0 Å². The van der Waals surface area contributed by atoms with E-state index in [1.807, 2.05) is 13.8 Å². The summed E-state index contributed by atoms with van der Waals surface area (Å²) >= 11 is 0. The van der Waals surface area contributed by atoms with Gasteiger partial charge in [0.15, 0.2) is 0 Å². The lowest BCUT2D eigenvalue weighted by Crippen LogP contribution is -2.33. The van der Waals surface area contributed by atoms with E-state index >= 15 is 0 Å². The van der Waals surface area contributed by atoms with Crippen molar-refractivity contribution in [2.24, 2.45) is 11.8 Å². The van der Waals surface area contributed by atoms with Crippen LogP contribution in [0.1, 0.15) is 46.0 Å². The minimum Gasteiger partial charge on any atom is -0.260 e. The third-order valence-electron chi connectivity index (χ3n) is 3.09. The van der Waals surface area contributed by atoms with E-state index in [-0.39, 0.29) is 5.92 Å². The van der Waals surface area contributed by atoms with Crippen LogP contribution >= 0.6 is 0 Å². The monoisotopic (exact) mass is 288 g/mol. The molecule has 0 saturated heterocycles. The SMILES string of the molecule is CC(C)CC1CCCC(OS(=O)(=O)C(F)(F)F)C1. The van der Waals surface area contributed by atoms with E-state index in [0.29, 0.717) is 18.8 Å². The molecule has 0 aromatic heterocycles. The summed E-state index contributed by atoms with van der Waals surface area (Å²) in [5, 5.41) is 0. The minimum atomic E-state index is -5.45. The molecule has 0 spiro atoms. The predicted octanol–water partition coefficient (Wildman–Crippen LogP) is 3.46. The van der Waals surface area contributed by atoms with Gasteiger partial charge in [0.05, 0.1) is 6.10 Å². The van der Waals surface area contributed by atoms with Crippen LogP contribution < -0.4 is 0 Å². The molecular formula is C11H19F3O3S. The van der Waals surface area contributed by atoms with Crippen molar-refractivity contribution in [3.8, 4) is 0 Å². The van der Waals surface area contributed by atoms with E-state index in [4.69, 9.17) is 0 Å². The van der Waals surface area contributed by atoms with Gasteiger partial charge in [-0.05, 0) is 31.1 Å².